The Kier molecular flexibility index (Phi) is 9.36. The zero-order valence-electron chi connectivity index (χ0n) is 30.3. The van der Waals surface area contributed by atoms with Gasteiger partial charge in [0.15, 0.2) is 0 Å². The Morgan fingerprint density at radius 1 is 0.963 bits per heavy atom. The number of hydrogen-bond donors (Lipinski definition) is 3. The zero-order chi connectivity index (χ0) is 37.9. The third kappa shape index (κ3) is 6.48. The second-order valence-corrected chi connectivity index (χ2v) is 16.1. The molecule has 12 nitrogen and oxygen atoms in total. The maximum atomic E-state index is 13.4. The highest BCUT2D eigenvalue weighted by Gasteiger charge is 2.51. The fraction of sp³-hybridized carbons (Fsp3) is 0.439. The maximum Gasteiger partial charge on any atom is 0.262 e. The van der Waals surface area contributed by atoms with E-state index in [2.05, 4.69) is 40.4 Å². The van der Waals surface area contributed by atoms with E-state index < -0.39 is 30.0 Å². The minimum absolute atomic E-state index is 0.0523. The van der Waals surface area contributed by atoms with Crippen LogP contribution in [0.15, 0.2) is 54.6 Å². The van der Waals surface area contributed by atoms with Crippen LogP contribution in [0.2, 0.25) is 5.02 Å². The van der Waals surface area contributed by atoms with Crippen molar-refractivity contribution in [3.8, 4) is 11.8 Å². The van der Waals surface area contributed by atoms with E-state index in [4.69, 9.17) is 21.6 Å². The van der Waals surface area contributed by atoms with Crippen molar-refractivity contribution in [2.75, 3.05) is 24.5 Å². The van der Waals surface area contributed by atoms with Crippen molar-refractivity contribution in [2.24, 2.45) is 5.41 Å². The number of aliphatic hydroxyl groups excluding tert-OH is 1. The van der Waals surface area contributed by atoms with E-state index in [1.165, 1.54) is 0 Å². The Balaban J connectivity index is 0.833. The van der Waals surface area contributed by atoms with Gasteiger partial charge in [0, 0.05) is 67.4 Å². The van der Waals surface area contributed by atoms with Crippen molar-refractivity contribution < 1.29 is 29.0 Å². The molecule has 3 aromatic rings. The van der Waals surface area contributed by atoms with Crippen LogP contribution in [-0.4, -0.2) is 88.6 Å². The van der Waals surface area contributed by atoms with Crippen LogP contribution in [0, 0.1) is 16.7 Å². The molecule has 3 N–H and O–H groups in total. The molecule has 3 fully saturated rings. The molecule has 2 unspecified atom stereocenters. The lowest BCUT2D eigenvalue weighted by atomic mass is 9.64. The van der Waals surface area contributed by atoms with Crippen molar-refractivity contribution in [1.29, 1.82) is 5.26 Å². The summed E-state index contributed by atoms with van der Waals surface area (Å²) in [4.78, 5) is 58.4. The molecule has 1 aliphatic carbocycles. The van der Waals surface area contributed by atoms with Crippen LogP contribution < -0.4 is 20.3 Å². The number of anilines is 1. The summed E-state index contributed by atoms with van der Waals surface area (Å²) in [5, 5.41) is 24.9. The summed E-state index contributed by atoms with van der Waals surface area (Å²) < 4.78 is 6.16. The van der Waals surface area contributed by atoms with E-state index in [9.17, 15) is 24.3 Å². The lowest BCUT2D eigenvalue weighted by Crippen LogP contribution is -2.63. The molecule has 54 heavy (non-hydrogen) atoms. The van der Waals surface area contributed by atoms with Gasteiger partial charge in [0.1, 0.15) is 30.2 Å². The van der Waals surface area contributed by atoms with Crippen LogP contribution in [-0.2, 0) is 17.8 Å². The van der Waals surface area contributed by atoms with E-state index in [1.807, 2.05) is 36.4 Å². The van der Waals surface area contributed by atoms with Crippen LogP contribution in [0.3, 0.4) is 0 Å². The number of carbonyl (C=O) groups excluding carboxylic acids is 4. The highest BCUT2D eigenvalue weighted by atomic mass is 35.5. The molecule has 4 atom stereocenters. The van der Waals surface area contributed by atoms with Gasteiger partial charge in [0.05, 0.1) is 21.7 Å². The number of nitrogens with zero attached hydrogens (tertiary/aromatic N) is 4. The lowest BCUT2D eigenvalue weighted by Gasteiger charge is -2.51. The molecule has 280 valence electrons. The predicted molar refractivity (Wildman–Crippen MR) is 200 cm³/mol. The van der Waals surface area contributed by atoms with Crippen molar-refractivity contribution in [3.05, 3.63) is 93.0 Å². The lowest BCUT2D eigenvalue weighted by molar-refractivity contribution is -0.131. The number of fused-ring (bicyclic) bond motifs is 2. The molecular formula is C41H43ClN6O6. The minimum Gasteiger partial charge on any atom is -0.490 e. The van der Waals surface area contributed by atoms with Gasteiger partial charge in [-0.15, -0.1) is 0 Å². The summed E-state index contributed by atoms with van der Waals surface area (Å²) >= 11 is 6.18. The summed E-state index contributed by atoms with van der Waals surface area (Å²) in [6, 6.07) is 18.0. The third-order valence-electron chi connectivity index (χ3n) is 12.2. The molecular weight excluding hydrogens is 708 g/mol. The van der Waals surface area contributed by atoms with Gasteiger partial charge >= 0.3 is 0 Å². The fourth-order valence-corrected chi connectivity index (χ4v) is 8.88. The van der Waals surface area contributed by atoms with Gasteiger partial charge in [-0.25, -0.2) is 0 Å². The fourth-order valence-electron chi connectivity index (χ4n) is 8.67. The number of piperidine rings is 2. The number of carbonyl (C=O) groups is 4. The number of nitriles is 1. The second kappa shape index (κ2) is 14.0. The summed E-state index contributed by atoms with van der Waals surface area (Å²) in [6.45, 7) is 7.47. The van der Waals surface area contributed by atoms with Crippen LogP contribution in [0.4, 0.5) is 5.69 Å². The van der Waals surface area contributed by atoms with E-state index in [-0.39, 0.29) is 36.3 Å². The molecule has 2 saturated heterocycles. The monoisotopic (exact) mass is 750 g/mol. The first-order valence-corrected chi connectivity index (χ1v) is 19.1. The number of rotatable bonds is 7. The van der Waals surface area contributed by atoms with Gasteiger partial charge in [-0.2, -0.15) is 5.26 Å². The molecule has 0 radical (unpaired) electrons. The minimum atomic E-state index is -0.959. The number of imide groups is 1. The number of benzene rings is 3. The average molecular weight is 751 g/mol. The number of hydrogen-bond acceptors (Lipinski definition) is 9. The molecule has 3 aromatic carbocycles. The predicted octanol–water partition coefficient (Wildman–Crippen LogP) is 4.41. The first kappa shape index (κ1) is 36.0. The number of ether oxygens (including phenoxy) is 1. The molecule has 13 heteroatoms. The first-order chi connectivity index (χ1) is 25.9. The molecule has 0 spiro atoms. The van der Waals surface area contributed by atoms with Crippen LogP contribution in [0.25, 0.3) is 0 Å². The smallest absolute Gasteiger partial charge is 0.262 e. The first-order valence-electron chi connectivity index (χ1n) is 18.7. The van der Waals surface area contributed by atoms with Gasteiger partial charge < -0.3 is 25.4 Å². The molecule has 0 aromatic heterocycles. The Labute approximate surface area is 319 Å². The number of nitrogens with one attached hydrogen (secondary N) is 2. The van der Waals surface area contributed by atoms with Gasteiger partial charge in [-0.1, -0.05) is 25.4 Å². The normalized spacial score (nSPS) is 25.3. The van der Waals surface area contributed by atoms with Gasteiger partial charge in [0.25, 0.3) is 17.7 Å². The second-order valence-electron chi connectivity index (χ2n) is 15.7. The molecule has 0 bridgehead atoms. The summed E-state index contributed by atoms with van der Waals surface area (Å²) in [7, 11) is 0. The quantitative estimate of drug-likeness (QED) is 0.298. The Morgan fingerprint density at radius 3 is 2.31 bits per heavy atom. The summed E-state index contributed by atoms with van der Waals surface area (Å²) in [5.74, 6) is -0.902. The highest BCUT2D eigenvalue weighted by Crippen LogP contribution is 2.44. The number of aliphatic hydroxyl groups is 1. The standard InChI is InChI=1S/C41H43ClN6O6/c1-41(2)34(20-35(41)54-29-8-5-25(21-43)32(42)19-29)44-37(50)23-3-6-27(7-4-23)46-15-12-28(13-16-46)47-14-11-24-17-30-31(18-26(24)22-47)40(53)48(39(30)52)33-9-10-36(49)45-38(33)51/h3-8,17-19,28,33-36,49H,9-16,20,22H2,1-2H3,(H,44,50)(H,45,51)/t33?,34-,35-,36?/m0/s1. The molecule has 5 aliphatic rings. The van der Waals surface area contributed by atoms with Crippen LogP contribution in [0.1, 0.15) is 93.7 Å². The maximum absolute atomic E-state index is 13.4. The Bertz CT molecular complexity index is 2070. The molecule has 8 rings (SSSR count). The zero-order valence-corrected chi connectivity index (χ0v) is 31.1. The van der Waals surface area contributed by atoms with Gasteiger partial charge in [-0.3, -0.25) is 29.0 Å². The van der Waals surface area contributed by atoms with E-state index in [1.54, 1.807) is 18.2 Å². The SMILES string of the molecule is CC1(C)[C@@H](NC(=O)c2ccc(N3CCC(N4CCc5cc6c(cc5C4)C(=O)N(C4CCC(O)NC4=O)C6=O)CC3)cc2)C[C@@H]1Oc1ccc(C#N)c(Cl)c1. The Hall–Kier alpha value is -4.96. The van der Waals surface area contributed by atoms with Crippen LogP contribution in [0.5, 0.6) is 5.75 Å². The number of halogens is 1. The topological polar surface area (TPSA) is 155 Å². The van der Waals surface area contributed by atoms with Crippen molar-refractivity contribution in [2.45, 2.75) is 89.4 Å². The summed E-state index contributed by atoms with van der Waals surface area (Å²) in [5.41, 5.74) is 4.62. The molecule has 4 heterocycles. The van der Waals surface area contributed by atoms with E-state index >= 15 is 0 Å². The largest absolute Gasteiger partial charge is 0.490 e. The number of amides is 4. The Morgan fingerprint density at radius 2 is 1.67 bits per heavy atom. The molecule has 1 saturated carbocycles. The van der Waals surface area contributed by atoms with E-state index in [0.717, 1.165) is 60.6 Å². The van der Waals surface area contributed by atoms with Crippen molar-refractivity contribution in [1.82, 2.24) is 20.4 Å². The van der Waals surface area contributed by atoms with Crippen LogP contribution >= 0.6 is 11.6 Å². The average Bonchev–Trinajstić information content (AvgIpc) is 3.40. The summed E-state index contributed by atoms with van der Waals surface area (Å²) in [6.07, 6.45) is 2.86. The third-order valence-corrected chi connectivity index (χ3v) is 12.5. The highest BCUT2D eigenvalue weighted by molar-refractivity contribution is 6.31. The molecule has 4 amide bonds. The van der Waals surface area contributed by atoms with Gasteiger partial charge in [-0.05, 0) is 91.8 Å². The van der Waals surface area contributed by atoms with E-state index in [0.29, 0.717) is 52.0 Å². The molecule has 4 aliphatic heterocycles. The van der Waals surface area contributed by atoms with Crippen molar-refractivity contribution >= 4 is 40.9 Å². The van der Waals surface area contributed by atoms with Gasteiger partial charge in [0.2, 0.25) is 5.91 Å². The van der Waals surface area contributed by atoms with Crippen molar-refractivity contribution in [3.63, 3.8) is 0 Å².